The molecule has 0 aromatic rings. The normalized spacial score (nSPS) is 40.6. The summed E-state index contributed by atoms with van der Waals surface area (Å²) >= 11 is 0. The van der Waals surface area contributed by atoms with E-state index in [1.54, 1.807) is 6.54 Å². The van der Waals surface area contributed by atoms with Crippen LogP contribution in [0, 0.1) is 36.1 Å². The molecule has 4 fully saturated rings. The minimum atomic E-state index is -2.10. The Labute approximate surface area is 291 Å². The van der Waals surface area contributed by atoms with Gasteiger partial charge in [-0.25, -0.2) is 0 Å². The highest BCUT2D eigenvalue weighted by Crippen LogP contribution is 2.43. The number of hydrogen-bond acceptors (Lipinski definition) is 10. The van der Waals surface area contributed by atoms with E-state index >= 15 is 0 Å². The van der Waals surface area contributed by atoms with Gasteiger partial charge in [0.1, 0.15) is 37.0 Å². The number of aliphatic carboxylic acids is 1. The summed E-state index contributed by atoms with van der Waals surface area (Å²) in [6.45, 7) is 7.33. The van der Waals surface area contributed by atoms with E-state index in [1.165, 1.54) is 19.3 Å². The maximum atomic E-state index is 12.0. The third-order valence-electron chi connectivity index (χ3n) is 12.3. The number of nitrogens with two attached hydrogens (primary N) is 1. The molecule has 5 aliphatic rings. The quantitative estimate of drug-likeness (QED) is 0.0724. The second kappa shape index (κ2) is 17.7. The number of rotatable bonds is 16. The van der Waals surface area contributed by atoms with Crippen LogP contribution in [0.2, 0.25) is 0 Å². The van der Waals surface area contributed by atoms with Crippen LogP contribution in [0.3, 0.4) is 0 Å². The number of ether oxygens (including phenoxy) is 3. The average Bonchev–Trinajstić information content (AvgIpc) is 3.60. The first-order chi connectivity index (χ1) is 23.5. The number of carbonyl (C=O) groups is 1. The second-order valence-corrected chi connectivity index (χ2v) is 15.7. The Morgan fingerprint density at radius 3 is 2.59 bits per heavy atom. The molecule has 2 saturated carbocycles. The van der Waals surface area contributed by atoms with E-state index in [0.717, 1.165) is 50.5 Å². The Balaban J connectivity index is 1.22. The van der Waals surface area contributed by atoms with Crippen LogP contribution >= 0.6 is 0 Å². The van der Waals surface area contributed by atoms with Crippen LogP contribution in [0.5, 0.6) is 0 Å². The van der Waals surface area contributed by atoms with E-state index in [1.807, 2.05) is 17.6 Å². The highest BCUT2D eigenvalue weighted by Gasteiger charge is 2.58. The van der Waals surface area contributed by atoms with Gasteiger partial charge in [0, 0.05) is 18.8 Å². The van der Waals surface area contributed by atoms with Crippen LogP contribution in [0.25, 0.3) is 0 Å². The molecule has 49 heavy (non-hydrogen) atoms. The lowest BCUT2D eigenvalue weighted by Crippen LogP contribution is -2.93. The van der Waals surface area contributed by atoms with Crippen molar-refractivity contribution in [2.24, 2.45) is 34.6 Å². The number of nitrogens with zero attached hydrogens (tertiary/aromatic N) is 1. The van der Waals surface area contributed by atoms with Crippen molar-refractivity contribution in [2.75, 3.05) is 19.7 Å². The van der Waals surface area contributed by atoms with Crippen molar-refractivity contribution in [1.82, 2.24) is 0 Å². The third-order valence-corrected chi connectivity index (χ3v) is 12.3. The molecule has 12 nitrogen and oxygen atoms in total. The zero-order valence-corrected chi connectivity index (χ0v) is 29.4. The van der Waals surface area contributed by atoms with Gasteiger partial charge in [-0.05, 0) is 50.4 Å². The van der Waals surface area contributed by atoms with Gasteiger partial charge >= 0.3 is 0 Å². The first-order valence-electron chi connectivity index (χ1n) is 19.0. The Morgan fingerprint density at radius 2 is 1.90 bits per heavy atom. The lowest BCUT2D eigenvalue weighted by Gasteiger charge is -2.49. The number of carboxylic acid groups (broad SMARTS) is 1. The summed E-state index contributed by atoms with van der Waals surface area (Å²) in [5.41, 5.74) is -0.955. The molecule has 12 heteroatoms. The molecule has 0 bridgehead atoms. The van der Waals surface area contributed by atoms with Gasteiger partial charge in [-0.15, -0.1) is 4.99 Å². The zero-order valence-electron chi connectivity index (χ0n) is 29.4. The van der Waals surface area contributed by atoms with Gasteiger partial charge in [0.05, 0.1) is 48.7 Å². The molecule has 0 aromatic heterocycles. The third kappa shape index (κ3) is 9.44. The smallest absolute Gasteiger partial charge is 0.195 e. The SMILES string of the molecule is CCCCCC[C@H](C)[C@H](C[NH2+]C[C@@]1(O)[C@H](OC2CCC3C(C2)[OH+]CC(C2CCC(O)CC2)C3O)O[C@H](C(=O)[O-])[C@@H](O)[C@@H]1O)CC1=C[CH+]N=C1. The van der Waals surface area contributed by atoms with Crippen molar-refractivity contribution < 1.29 is 55.0 Å². The zero-order chi connectivity index (χ0) is 35.1. The van der Waals surface area contributed by atoms with Crippen LogP contribution in [0.1, 0.15) is 97.3 Å². The van der Waals surface area contributed by atoms with E-state index in [4.69, 9.17) is 14.2 Å². The molecule has 2 aliphatic carbocycles. The maximum absolute atomic E-state index is 12.0. The number of aliphatic hydroxyl groups excluding tert-OH is 4. The molecule has 12 atom stereocenters. The van der Waals surface area contributed by atoms with Crippen LogP contribution in [0.4, 0.5) is 0 Å². The summed E-state index contributed by atoms with van der Waals surface area (Å²) in [6.07, 6.45) is 6.99. The number of carbonyl (C=O) groups excluding carboxylic acids is 1. The molecular formula is C37H62N2O10+2. The number of quaternary nitrogens is 1. The van der Waals surface area contributed by atoms with E-state index in [2.05, 4.69) is 18.8 Å². The highest BCUT2D eigenvalue weighted by atomic mass is 16.7. The van der Waals surface area contributed by atoms with Gasteiger partial charge in [-0.1, -0.05) is 46.0 Å². The van der Waals surface area contributed by atoms with Crippen molar-refractivity contribution >= 4 is 12.2 Å². The molecule has 278 valence electrons. The summed E-state index contributed by atoms with van der Waals surface area (Å²) in [4.78, 5) is 16.1. The van der Waals surface area contributed by atoms with Gasteiger partial charge in [-0.3, -0.25) is 0 Å². The summed E-state index contributed by atoms with van der Waals surface area (Å²) in [5, 5.41) is 69.1. The van der Waals surface area contributed by atoms with Gasteiger partial charge < -0.3 is 55.0 Å². The fourth-order valence-electron chi connectivity index (χ4n) is 9.09. The fourth-order valence-corrected chi connectivity index (χ4v) is 9.09. The van der Waals surface area contributed by atoms with Crippen LogP contribution in [0.15, 0.2) is 16.6 Å². The number of unbranched alkanes of at least 4 members (excludes halogenated alkanes) is 3. The predicted octanol–water partition coefficient (Wildman–Crippen LogP) is -0.113. The van der Waals surface area contributed by atoms with Crippen LogP contribution < -0.4 is 10.4 Å². The Hall–Kier alpha value is -1.61. The van der Waals surface area contributed by atoms with E-state index in [-0.39, 0.29) is 36.5 Å². The van der Waals surface area contributed by atoms with E-state index in [9.17, 15) is 35.4 Å². The van der Waals surface area contributed by atoms with Gasteiger partial charge in [0.25, 0.3) is 0 Å². The summed E-state index contributed by atoms with van der Waals surface area (Å²) in [6, 6.07) is 0. The number of hydrogen-bond donors (Lipinski definition) is 6. The lowest BCUT2D eigenvalue weighted by molar-refractivity contribution is -0.680. The Bertz CT molecular complexity index is 1110. The second-order valence-electron chi connectivity index (χ2n) is 15.7. The molecule has 0 spiro atoms. The summed E-state index contributed by atoms with van der Waals surface area (Å²) in [7, 11) is 0. The molecule has 5 unspecified atom stereocenters. The van der Waals surface area contributed by atoms with Crippen molar-refractivity contribution in [3.05, 3.63) is 18.2 Å². The van der Waals surface area contributed by atoms with Gasteiger partial charge in [0.2, 0.25) is 0 Å². The maximum Gasteiger partial charge on any atom is 0.195 e. The first-order valence-corrected chi connectivity index (χ1v) is 19.0. The highest BCUT2D eigenvalue weighted by molar-refractivity contribution is 5.81. The van der Waals surface area contributed by atoms with E-state index in [0.29, 0.717) is 44.2 Å². The molecular weight excluding hydrogens is 632 g/mol. The van der Waals surface area contributed by atoms with Crippen LogP contribution in [-0.4, -0.2) is 117 Å². The molecule has 3 heterocycles. The van der Waals surface area contributed by atoms with Crippen molar-refractivity contribution in [2.45, 2.75) is 152 Å². The first kappa shape index (κ1) is 38.6. The Morgan fingerprint density at radius 1 is 1.12 bits per heavy atom. The van der Waals surface area contributed by atoms with Crippen molar-refractivity contribution in [3.63, 3.8) is 0 Å². The molecule has 8 N–H and O–H groups in total. The van der Waals surface area contributed by atoms with Gasteiger partial charge in [0.15, 0.2) is 30.8 Å². The van der Waals surface area contributed by atoms with Gasteiger partial charge in [-0.2, -0.15) is 0 Å². The minimum absolute atomic E-state index is 0.0214. The molecule has 0 aromatic carbocycles. The molecule has 0 amide bonds. The van der Waals surface area contributed by atoms with E-state index < -0.39 is 48.4 Å². The summed E-state index contributed by atoms with van der Waals surface area (Å²) in [5.74, 6) is -0.632. The standard InChI is InChI=1S/C37H60N2O10/c1-3-4-5-6-7-22(2)25(16-23-14-15-38-18-23)19-39-21-37(46)34(43)32(42)33(35(44)45)49-36(37)48-27-12-13-28-30(17-27)47-20-29(31(28)41)24-8-10-26(40)11-9-24/h14-15,18,22,24-34,36,39-43,46H,3-13,16-17,19-21H2,1-2H3/p+2/t22-,24?,25-,26?,27?,28?,29?,30?,31?,32+,33-,34-,36+,37-/m0/s1. The fraction of sp³-hybridized carbons (Fsp3) is 0.865. The summed E-state index contributed by atoms with van der Waals surface area (Å²) < 4.78 is 17.0. The van der Waals surface area contributed by atoms with Crippen LogP contribution in [-0.2, 0) is 14.3 Å². The van der Waals surface area contributed by atoms with Crippen molar-refractivity contribution in [1.29, 1.82) is 0 Å². The molecule has 5 rings (SSSR count). The topological polar surface area (TPSA) is 202 Å². The molecule has 0 radical (unpaired) electrons. The van der Waals surface area contributed by atoms with Crippen molar-refractivity contribution in [3.8, 4) is 0 Å². The Kier molecular flexibility index (Phi) is 14.0. The number of fused-ring (bicyclic) bond motifs is 1. The lowest BCUT2D eigenvalue weighted by atomic mass is 9.69. The number of aliphatic imine (C=N–C) groups is 1. The number of allylic oxidation sites excluding steroid dienone is 1. The molecule has 2 saturated heterocycles. The number of carboxylic acids is 1. The average molecular weight is 695 g/mol. The minimum Gasteiger partial charge on any atom is -0.547 e. The predicted molar refractivity (Wildman–Crippen MR) is 180 cm³/mol. The monoisotopic (exact) mass is 694 g/mol. The largest absolute Gasteiger partial charge is 0.547 e. The number of aliphatic hydroxyl groups is 7. The molecule has 3 aliphatic heterocycles.